The van der Waals surface area contributed by atoms with Crippen molar-refractivity contribution in [1.29, 1.82) is 0 Å². The number of carbonyl (C=O) groups is 1. The highest BCUT2D eigenvalue weighted by Crippen LogP contribution is 2.24. The fourth-order valence-electron chi connectivity index (χ4n) is 3.14. The first-order valence-electron chi connectivity index (χ1n) is 8.38. The van der Waals surface area contributed by atoms with Crippen molar-refractivity contribution in [2.75, 3.05) is 19.4 Å². The summed E-state index contributed by atoms with van der Waals surface area (Å²) in [6, 6.07) is 4.41. The summed E-state index contributed by atoms with van der Waals surface area (Å²) in [7, 11) is -1.89. The quantitative estimate of drug-likeness (QED) is 0.749. The van der Waals surface area contributed by atoms with Crippen molar-refractivity contribution in [2.45, 2.75) is 43.7 Å². The van der Waals surface area contributed by atoms with E-state index in [2.05, 4.69) is 4.98 Å². The largest absolute Gasteiger partial charge is 0.468 e. The lowest BCUT2D eigenvalue weighted by atomic mass is 10.0. The van der Waals surface area contributed by atoms with Crippen LogP contribution in [0.2, 0.25) is 0 Å². The second kappa shape index (κ2) is 7.13. The van der Waals surface area contributed by atoms with E-state index < -0.39 is 9.84 Å². The first kappa shape index (κ1) is 17.9. The number of hydrogen-bond acceptors (Lipinski definition) is 7. The molecule has 8 heteroatoms. The van der Waals surface area contributed by atoms with Crippen LogP contribution in [0.4, 0.5) is 0 Å². The number of hydrogen-bond donors (Lipinski definition) is 0. The number of rotatable bonds is 5. The molecule has 136 valence electrons. The van der Waals surface area contributed by atoms with Crippen LogP contribution >= 0.6 is 0 Å². The van der Waals surface area contributed by atoms with Crippen LogP contribution in [0.15, 0.2) is 27.5 Å². The van der Waals surface area contributed by atoms with Crippen molar-refractivity contribution in [2.24, 2.45) is 0 Å². The van der Waals surface area contributed by atoms with E-state index in [0.29, 0.717) is 23.5 Å². The number of ether oxygens (including phenoxy) is 1. The standard InChI is InChI=1S/C17H22N2O5S/c1-3-25(21,22)12-7-8-15-13(10-12)18-16(24-15)11-19-9-5-4-6-14(19)17(20)23-2/h7-8,10,14H,3-6,9,11H2,1-2H3. The molecule has 0 aliphatic carbocycles. The Hall–Kier alpha value is -1.93. The van der Waals surface area contributed by atoms with Gasteiger partial charge in [0.2, 0.25) is 5.89 Å². The van der Waals surface area contributed by atoms with Crippen molar-refractivity contribution in [1.82, 2.24) is 9.88 Å². The van der Waals surface area contributed by atoms with Gasteiger partial charge < -0.3 is 9.15 Å². The van der Waals surface area contributed by atoms with E-state index in [1.54, 1.807) is 13.0 Å². The molecule has 0 spiro atoms. The van der Waals surface area contributed by atoms with Gasteiger partial charge in [0, 0.05) is 0 Å². The topological polar surface area (TPSA) is 89.7 Å². The molecule has 1 saturated heterocycles. The number of likely N-dealkylation sites (tertiary alicyclic amines) is 1. The maximum absolute atomic E-state index is 12.0. The Morgan fingerprint density at radius 2 is 2.20 bits per heavy atom. The average Bonchev–Trinajstić information content (AvgIpc) is 3.03. The lowest BCUT2D eigenvalue weighted by Crippen LogP contribution is -2.44. The molecule has 0 radical (unpaired) electrons. The maximum atomic E-state index is 12.0. The second-order valence-electron chi connectivity index (χ2n) is 6.15. The summed E-state index contributed by atoms with van der Waals surface area (Å²) in [5.41, 5.74) is 1.05. The Balaban J connectivity index is 1.85. The highest BCUT2D eigenvalue weighted by atomic mass is 32.2. The third-order valence-corrected chi connectivity index (χ3v) is 6.30. The number of piperidine rings is 1. The lowest BCUT2D eigenvalue weighted by molar-refractivity contribution is -0.148. The fourth-order valence-corrected chi connectivity index (χ4v) is 4.04. The van der Waals surface area contributed by atoms with E-state index in [-0.39, 0.29) is 22.7 Å². The monoisotopic (exact) mass is 366 g/mol. The molecule has 1 aromatic carbocycles. The van der Waals surface area contributed by atoms with Crippen molar-refractivity contribution in [3.8, 4) is 0 Å². The number of fused-ring (bicyclic) bond motifs is 1. The smallest absolute Gasteiger partial charge is 0.323 e. The fraction of sp³-hybridized carbons (Fsp3) is 0.529. The molecule has 25 heavy (non-hydrogen) atoms. The van der Waals surface area contributed by atoms with E-state index in [9.17, 15) is 13.2 Å². The average molecular weight is 366 g/mol. The van der Waals surface area contributed by atoms with E-state index in [1.807, 2.05) is 4.90 Å². The molecule has 1 fully saturated rings. The number of carbonyl (C=O) groups excluding carboxylic acids is 1. The molecule has 1 atom stereocenters. The molecular weight excluding hydrogens is 344 g/mol. The third kappa shape index (κ3) is 3.69. The van der Waals surface area contributed by atoms with Crippen molar-refractivity contribution < 1.29 is 22.4 Å². The van der Waals surface area contributed by atoms with E-state index in [0.717, 1.165) is 25.8 Å². The predicted molar refractivity (Wildman–Crippen MR) is 91.8 cm³/mol. The summed E-state index contributed by atoms with van der Waals surface area (Å²) in [5, 5.41) is 0. The molecule has 1 aliphatic rings. The first-order chi connectivity index (χ1) is 11.9. The van der Waals surface area contributed by atoms with Gasteiger partial charge in [-0.3, -0.25) is 9.69 Å². The maximum Gasteiger partial charge on any atom is 0.323 e. The highest BCUT2D eigenvalue weighted by Gasteiger charge is 2.30. The van der Waals surface area contributed by atoms with Crippen molar-refractivity contribution in [3.63, 3.8) is 0 Å². The van der Waals surface area contributed by atoms with Crippen LogP contribution < -0.4 is 0 Å². The van der Waals surface area contributed by atoms with Crippen molar-refractivity contribution >= 4 is 26.9 Å². The minimum absolute atomic E-state index is 0.0395. The Morgan fingerprint density at radius 3 is 2.92 bits per heavy atom. The summed E-state index contributed by atoms with van der Waals surface area (Å²) < 4.78 is 34.6. The number of benzene rings is 1. The highest BCUT2D eigenvalue weighted by molar-refractivity contribution is 7.91. The molecule has 2 heterocycles. The number of aromatic nitrogens is 1. The molecule has 0 N–H and O–H groups in total. The van der Waals surface area contributed by atoms with Gasteiger partial charge in [-0.15, -0.1) is 0 Å². The SMILES string of the molecule is CCS(=O)(=O)c1ccc2oc(CN3CCCCC3C(=O)OC)nc2c1. The number of oxazole rings is 1. The Labute approximate surface area is 146 Å². The molecule has 0 bridgehead atoms. The van der Waals surface area contributed by atoms with Gasteiger partial charge in [0.05, 0.1) is 24.3 Å². The zero-order valence-corrected chi connectivity index (χ0v) is 15.2. The van der Waals surface area contributed by atoms with E-state index in [4.69, 9.17) is 9.15 Å². The number of esters is 1. The summed E-state index contributed by atoms with van der Waals surface area (Å²) in [5.74, 6) is 0.265. The van der Waals surface area contributed by atoms with Crippen LogP contribution in [-0.4, -0.2) is 49.7 Å². The second-order valence-corrected chi connectivity index (χ2v) is 8.42. The van der Waals surface area contributed by atoms with Gasteiger partial charge >= 0.3 is 5.97 Å². The van der Waals surface area contributed by atoms with Gasteiger partial charge in [-0.05, 0) is 37.6 Å². The van der Waals surface area contributed by atoms with Crippen LogP contribution in [0.25, 0.3) is 11.1 Å². The molecule has 1 aromatic heterocycles. The minimum atomic E-state index is -3.28. The molecular formula is C17H22N2O5S. The zero-order valence-electron chi connectivity index (χ0n) is 14.4. The van der Waals surface area contributed by atoms with Crippen LogP contribution in [0.1, 0.15) is 32.1 Å². The molecule has 7 nitrogen and oxygen atoms in total. The number of nitrogens with zero attached hydrogens (tertiary/aromatic N) is 2. The van der Waals surface area contributed by atoms with Crippen molar-refractivity contribution in [3.05, 3.63) is 24.1 Å². The Kier molecular flexibility index (Phi) is 5.10. The molecule has 1 aliphatic heterocycles. The minimum Gasteiger partial charge on any atom is -0.468 e. The number of methoxy groups -OCH3 is 1. The van der Waals surface area contributed by atoms with E-state index >= 15 is 0 Å². The lowest BCUT2D eigenvalue weighted by Gasteiger charge is -2.32. The molecule has 0 amide bonds. The molecule has 2 aromatic rings. The normalized spacial score (nSPS) is 19.2. The van der Waals surface area contributed by atoms with Gasteiger partial charge in [0.25, 0.3) is 0 Å². The summed E-state index contributed by atoms with van der Waals surface area (Å²) in [4.78, 5) is 18.6. The third-order valence-electron chi connectivity index (χ3n) is 4.57. The van der Waals surface area contributed by atoms with Gasteiger partial charge in [-0.25, -0.2) is 13.4 Å². The van der Waals surface area contributed by atoms with E-state index in [1.165, 1.54) is 19.2 Å². The van der Waals surface area contributed by atoms with Gasteiger partial charge in [-0.1, -0.05) is 13.3 Å². The summed E-state index contributed by atoms with van der Waals surface area (Å²) in [6.45, 7) is 2.77. The van der Waals surface area contributed by atoms with Crippen LogP contribution in [-0.2, 0) is 25.9 Å². The van der Waals surface area contributed by atoms with Crippen LogP contribution in [0.3, 0.4) is 0 Å². The molecule has 3 rings (SSSR count). The van der Waals surface area contributed by atoms with Crippen LogP contribution in [0, 0.1) is 0 Å². The molecule has 0 saturated carbocycles. The number of sulfone groups is 1. The van der Waals surface area contributed by atoms with Gasteiger partial charge in [0.1, 0.15) is 11.6 Å². The Bertz CT molecular complexity index is 874. The first-order valence-corrected chi connectivity index (χ1v) is 10.0. The van der Waals surface area contributed by atoms with Gasteiger partial charge in [-0.2, -0.15) is 0 Å². The summed E-state index contributed by atoms with van der Waals surface area (Å²) in [6.07, 6.45) is 2.75. The predicted octanol–water partition coefficient (Wildman–Crippen LogP) is 2.15. The van der Waals surface area contributed by atoms with Gasteiger partial charge in [0.15, 0.2) is 15.4 Å². The Morgan fingerprint density at radius 1 is 1.40 bits per heavy atom. The van der Waals surface area contributed by atoms with Crippen LogP contribution in [0.5, 0.6) is 0 Å². The summed E-state index contributed by atoms with van der Waals surface area (Å²) >= 11 is 0. The molecule has 1 unspecified atom stereocenters. The zero-order chi connectivity index (χ0) is 18.0.